The third kappa shape index (κ3) is 3.60. The lowest BCUT2D eigenvalue weighted by atomic mass is 10.1. The number of hydrogen-bond donors (Lipinski definition) is 3. The van der Waals surface area contributed by atoms with Crippen LogP contribution in [0, 0.1) is 0 Å². The Bertz CT molecular complexity index is 664. The van der Waals surface area contributed by atoms with Gasteiger partial charge in [-0.05, 0) is 36.2 Å². The van der Waals surface area contributed by atoms with Crippen LogP contribution in [0.2, 0.25) is 0 Å². The number of aromatic hydroxyl groups is 2. The first-order valence-corrected chi connectivity index (χ1v) is 6.55. The largest absolute Gasteiger partial charge is 0.504 e. The molecule has 5 nitrogen and oxygen atoms in total. The fraction of sp³-hybridized carbons (Fsp3) is 0.125. The lowest BCUT2D eigenvalue weighted by molar-refractivity contribution is 0.0955. The van der Waals surface area contributed by atoms with Crippen LogP contribution in [0.3, 0.4) is 0 Å². The number of nitrogens with one attached hydrogen (secondary N) is 1. The normalized spacial score (nSPS) is 10.7. The van der Waals surface area contributed by atoms with Gasteiger partial charge in [0, 0.05) is 11.1 Å². The van der Waals surface area contributed by atoms with Crippen molar-refractivity contribution in [3.8, 4) is 11.5 Å². The Balaban J connectivity index is 2.03. The molecule has 0 aliphatic carbocycles. The molecular formula is C16H16N2O3. The van der Waals surface area contributed by atoms with Gasteiger partial charge in [-0.15, -0.1) is 0 Å². The highest BCUT2D eigenvalue weighted by Crippen LogP contribution is 2.26. The molecule has 3 N–H and O–H groups in total. The summed E-state index contributed by atoms with van der Waals surface area (Å²) in [7, 11) is 0. The molecule has 0 aliphatic rings. The van der Waals surface area contributed by atoms with E-state index in [1.54, 1.807) is 24.3 Å². The van der Waals surface area contributed by atoms with Gasteiger partial charge < -0.3 is 10.2 Å². The van der Waals surface area contributed by atoms with Gasteiger partial charge in [-0.25, -0.2) is 5.43 Å². The van der Waals surface area contributed by atoms with E-state index in [0.717, 1.165) is 12.0 Å². The molecule has 0 atom stereocenters. The first kappa shape index (κ1) is 14.6. The third-order valence-electron chi connectivity index (χ3n) is 3.04. The maximum atomic E-state index is 11.8. The van der Waals surface area contributed by atoms with E-state index in [1.165, 1.54) is 12.3 Å². The summed E-state index contributed by atoms with van der Waals surface area (Å²) in [5.41, 5.74) is 4.34. The van der Waals surface area contributed by atoms with Gasteiger partial charge in [0.25, 0.3) is 5.91 Å². The van der Waals surface area contributed by atoms with Gasteiger partial charge in [0.05, 0.1) is 6.21 Å². The fourth-order valence-corrected chi connectivity index (χ4v) is 1.77. The zero-order chi connectivity index (χ0) is 15.2. The van der Waals surface area contributed by atoms with E-state index in [9.17, 15) is 15.0 Å². The zero-order valence-electron chi connectivity index (χ0n) is 11.6. The number of nitrogens with zero attached hydrogens (tertiary/aromatic N) is 1. The Morgan fingerprint density at radius 2 is 1.90 bits per heavy atom. The summed E-state index contributed by atoms with van der Waals surface area (Å²) in [5, 5.41) is 22.7. The topological polar surface area (TPSA) is 81.9 Å². The second-order valence-corrected chi connectivity index (χ2v) is 4.46. The van der Waals surface area contributed by atoms with Crippen molar-refractivity contribution in [2.24, 2.45) is 5.10 Å². The van der Waals surface area contributed by atoms with Crippen molar-refractivity contribution in [3.63, 3.8) is 0 Å². The summed E-state index contributed by atoms with van der Waals surface area (Å²) >= 11 is 0. The van der Waals surface area contributed by atoms with Crippen LogP contribution in [-0.4, -0.2) is 22.3 Å². The number of hydrogen-bond acceptors (Lipinski definition) is 4. The molecule has 0 fully saturated rings. The summed E-state index contributed by atoms with van der Waals surface area (Å²) in [4.78, 5) is 11.8. The summed E-state index contributed by atoms with van der Waals surface area (Å²) in [6.07, 6.45) is 2.18. The predicted octanol–water partition coefficient (Wildman–Crippen LogP) is 2.42. The van der Waals surface area contributed by atoms with Gasteiger partial charge in [0.1, 0.15) is 0 Å². The third-order valence-corrected chi connectivity index (χ3v) is 3.04. The van der Waals surface area contributed by atoms with Gasteiger partial charge in [-0.1, -0.05) is 25.1 Å². The minimum Gasteiger partial charge on any atom is -0.504 e. The number of phenols is 2. The van der Waals surface area contributed by atoms with E-state index in [4.69, 9.17) is 0 Å². The highest BCUT2D eigenvalue weighted by molar-refractivity contribution is 5.95. The second kappa shape index (κ2) is 6.56. The maximum Gasteiger partial charge on any atom is 0.271 e. The summed E-state index contributed by atoms with van der Waals surface area (Å²) in [5.74, 6) is -0.850. The van der Waals surface area contributed by atoms with Crippen LogP contribution >= 0.6 is 0 Å². The maximum absolute atomic E-state index is 11.8. The molecular weight excluding hydrogens is 268 g/mol. The van der Waals surface area contributed by atoms with Gasteiger partial charge in [0.2, 0.25) is 0 Å². The van der Waals surface area contributed by atoms with E-state index in [-0.39, 0.29) is 17.4 Å². The molecule has 0 unspecified atom stereocenters. The quantitative estimate of drug-likeness (QED) is 0.458. The zero-order valence-corrected chi connectivity index (χ0v) is 11.6. The van der Waals surface area contributed by atoms with Crippen LogP contribution < -0.4 is 5.43 Å². The SMILES string of the molecule is CCc1ccc(C(=O)N/N=C/c2cccc(O)c2O)cc1. The molecule has 0 heterocycles. The van der Waals surface area contributed by atoms with Crippen molar-refractivity contribution < 1.29 is 15.0 Å². The summed E-state index contributed by atoms with van der Waals surface area (Å²) < 4.78 is 0. The highest BCUT2D eigenvalue weighted by atomic mass is 16.3. The lowest BCUT2D eigenvalue weighted by Gasteiger charge is -2.02. The molecule has 21 heavy (non-hydrogen) atoms. The average Bonchev–Trinajstić information content (AvgIpc) is 2.51. The molecule has 0 bridgehead atoms. The number of aryl methyl sites for hydroxylation is 1. The Hall–Kier alpha value is -2.82. The van der Waals surface area contributed by atoms with Crippen LogP contribution in [0.1, 0.15) is 28.4 Å². The minimum absolute atomic E-state index is 0.236. The fourth-order valence-electron chi connectivity index (χ4n) is 1.77. The number of phenolic OH excluding ortho intramolecular Hbond substituents is 2. The van der Waals surface area contributed by atoms with E-state index < -0.39 is 0 Å². The number of benzene rings is 2. The van der Waals surface area contributed by atoms with Crippen molar-refractivity contribution in [1.82, 2.24) is 5.43 Å². The van der Waals surface area contributed by atoms with Gasteiger partial charge in [0.15, 0.2) is 11.5 Å². The summed E-state index contributed by atoms with van der Waals surface area (Å²) in [6, 6.07) is 11.7. The first-order chi connectivity index (χ1) is 10.1. The number of carbonyl (C=O) groups is 1. The molecule has 2 aromatic carbocycles. The van der Waals surface area contributed by atoms with Crippen molar-refractivity contribution in [1.29, 1.82) is 0 Å². The number of hydrazone groups is 1. The molecule has 0 aromatic heterocycles. The smallest absolute Gasteiger partial charge is 0.271 e. The molecule has 2 rings (SSSR count). The standard InChI is InChI=1S/C16H16N2O3/c1-2-11-6-8-12(9-7-11)16(21)18-17-10-13-4-3-5-14(19)15(13)20/h3-10,19-20H,2H2,1H3,(H,18,21)/b17-10+. The van der Waals surface area contributed by atoms with E-state index in [2.05, 4.69) is 10.5 Å². The van der Waals surface area contributed by atoms with Crippen LogP contribution in [0.15, 0.2) is 47.6 Å². The second-order valence-electron chi connectivity index (χ2n) is 4.46. The molecule has 108 valence electrons. The van der Waals surface area contributed by atoms with E-state index in [0.29, 0.717) is 11.1 Å². The van der Waals surface area contributed by atoms with Crippen molar-refractivity contribution in [2.75, 3.05) is 0 Å². The lowest BCUT2D eigenvalue weighted by Crippen LogP contribution is -2.17. The number of amides is 1. The Labute approximate surface area is 122 Å². The monoisotopic (exact) mass is 284 g/mol. The Morgan fingerprint density at radius 3 is 2.57 bits per heavy atom. The predicted molar refractivity (Wildman–Crippen MR) is 80.7 cm³/mol. The molecule has 0 radical (unpaired) electrons. The Kier molecular flexibility index (Phi) is 4.56. The minimum atomic E-state index is -0.339. The van der Waals surface area contributed by atoms with Crippen LogP contribution in [-0.2, 0) is 6.42 Å². The Morgan fingerprint density at radius 1 is 1.19 bits per heavy atom. The number of carbonyl (C=O) groups excluding carboxylic acids is 1. The van der Waals surface area contributed by atoms with E-state index >= 15 is 0 Å². The highest BCUT2D eigenvalue weighted by Gasteiger charge is 2.05. The van der Waals surface area contributed by atoms with Crippen molar-refractivity contribution in [2.45, 2.75) is 13.3 Å². The average molecular weight is 284 g/mol. The molecule has 5 heteroatoms. The molecule has 1 amide bonds. The van der Waals surface area contributed by atoms with Gasteiger partial charge in [-0.3, -0.25) is 4.79 Å². The molecule has 0 saturated heterocycles. The molecule has 0 spiro atoms. The van der Waals surface area contributed by atoms with Gasteiger partial charge in [-0.2, -0.15) is 5.10 Å². The van der Waals surface area contributed by atoms with E-state index in [1.807, 2.05) is 19.1 Å². The summed E-state index contributed by atoms with van der Waals surface area (Å²) in [6.45, 7) is 2.04. The first-order valence-electron chi connectivity index (χ1n) is 6.55. The molecule has 0 saturated carbocycles. The molecule has 2 aromatic rings. The van der Waals surface area contributed by atoms with Crippen molar-refractivity contribution in [3.05, 3.63) is 59.2 Å². The molecule has 0 aliphatic heterocycles. The van der Waals surface area contributed by atoms with Crippen LogP contribution in [0.4, 0.5) is 0 Å². The number of para-hydroxylation sites is 1. The van der Waals surface area contributed by atoms with Crippen molar-refractivity contribution >= 4 is 12.1 Å². The van der Waals surface area contributed by atoms with Gasteiger partial charge >= 0.3 is 0 Å². The van der Waals surface area contributed by atoms with Crippen LogP contribution in [0.5, 0.6) is 11.5 Å². The number of rotatable bonds is 4. The van der Waals surface area contributed by atoms with Crippen LogP contribution in [0.25, 0.3) is 0 Å².